The predicted molar refractivity (Wildman–Crippen MR) is 76.4 cm³/mol. The van der Waals surface area contributed by atoms with Crippen molar-refractivity contribution in [1.82, 2.24) is 4.90 Å². The number of nitrogen functional groups attached to an aromatic ring is 1. The lowest BCUT2D eigenvalue weighted by molar-refractivity contribution is -0.383. The largest absolute Gasteiger partial charge is 0.393 e. The van der Waals surface area contributed by atoms with Crippen LogP contribution < -0.4 is 5.73 Å². The van der Waals surface area contributed by atoms with Gasteiger partial charge < -0.3 is 10.6 Å². The first kappa shape index (κ1) is 14.3. The fraction of sp³-hybridized carbons (Fsp3) is 0.500. The van der Waals surface area contributed by atoms with Crippen LogP contribution in [0.1, 0.15) is 36.5 Å². The minimum absolute atomic E-state index is 0.0318. The van der Waals surface area contributed by atoms with Crippen molar-refractivity contribution in [3.8, 4) is 0 Å². The molecule has 1 aliphatic rings. The number of benzene rings is 1. The average Bonchev–Trinajstić information content (AvgIpc) is 2.46. The van der Waals surface area contributed by atoms with Gasteiger partial charge in [-0.05, 0) is 30.9 Å². The van der Waals surface area contributed by atoms with Crippen LogP contribution in [0.2, 0.25) is 0 Å². The van der Waals surface area contributed by atoms with Gasteiger partial charge in [0, 0.05) is 24.7 Å². The van der Waals surface area contributed by atoms with Crippen LogP contribution in [0.4, 0.5) is 11.4 Å². The van der Waals surface area contributed by atoms with Crippen LogP contribution in [0.15, 0.2) is 18.2 Å². The van der Waals surface area contributed by atoms with Crippen LogP contribution in [0.3, 0.4) is 0 Å². The minimum Gasteiger partial charge on any atom is -0.393 e. The molecule has 1 aromatic carbocycles. The number of likely N-dealkylation sites (tertiary alicyclic amines) is 1. The van der Waals surface area contributed by atoms with Gasteiger partial charge in [-0.2, -0.15) is 0 Å². The van der Waals surface area contributed by atoms with Crippen molar-refractivity contribution in [2.45, 2.75) is 26.2 Å². The number of carbonyl (C=O) groups is 1. The summed E-state index contributed by atoms with van der Waals surface area (Å²) < 4.78 is 0. The number of hydrogen-bond acceptors (Lipinski definition) is 4. The Bertz CT molecular complexity index is 522. The maximum Gasteiger partial charge on any atom is 0.292 e. The van der Waals surface area contributed by atoms with E-state index in [1.165, 1.54) is 18.2 Å². The number of piperidine rings is 1. The molecule has 2 N–H and O–H groups in total. The smallest absolute Gasteiger partial charge is 0.292 e. The first-order valence-electron chi connectivity index (χ1n) is 6.86. The molecule has 6 nitrogen and oxygen atoms in total. The Hall–Kier alpha value is -2.11. The fourth-order valence-corrected chi connectivity index (χ4v) is 2.58. The summed E-state index contributed by atoms with van der Waals surface area (Å²) in [6.07, 6.45) is 3.18. The first-order chi connectivity index (χ1) is 9.52. The monoisotopic (exact) mass is 277 g/mol. The fourth-order valence-electron chi connectivity index (χ4n) is 2.58. The molecule has 0 aliphatic carbocycles. The molecule has 1 amide bonds. The lowest BCUT2D eigenvalue weighted by atomic mass is 9.94. The van der Waals surface area contributed by atoms with E-state index in [9.17, 15) is 14.9 Å². The van der Waals surface area contributed by atoms with E-state index in [2.05, 4.69) is 6.92 Å². The number of hydrogen-bond donors (Lipinski definition) is 1. The zero-order valence-corrected chi connectivity index (χ0v) is 11.5. The molecule has 6 heteroatoms. The Kier molecular flexibility index (Phi) is 4.22. The Morgan fingerprint density at radius 3 is 2.60 bits per heavy atom. The van der Waals surface area contributed by atoms with Crippen LogP contribution in [0, 0.1) is 16.0 Å². The van der Waals surface area contributed by atoms with Gasteiger partial charge in [0.15, 0.2) is 0 Å². The standard InChI is InChI=1S/C14H19N3O3/c1-2-10-5-7-16(8-6-10)14(18)11-3-4-13(17(19)20)12(15)9-11/h3-4,9-10H,2,5-8,15H2,1H3. The van der Waals surface area contributed by atoms with Crippen LogP contribution in [0.25, 0.3) is 0 Å². The van der Waals surface area contributed by atoms with E-state index in [4.69, 9.17) is 5.73 Å². The van der Waals surface area contributed by atoms with Gasteiger partial charge >= 0.3 is 0 Å². The van der Waals surface area contributed by atoms with Gasteiger partial charge in [0.05, 0.1) is 4.92 Å². The summed E-state index contributed by atoms with van der Waals surface area (Å²) in [7, 11) is 0. The molecule has 0 spiro atoms. The molecule has 1 saturated heterocycles. The van der Waals surface area contributed by atoms with Gasteiger partial charge in [0.2, 0.25) is 0 Å². The van der Waals surface area contributed by atoms with E-state index in [1.54, 1.807) is 4.90 Å². The Balaban J connectivity index is 2.10. The molecule has 0 atom stereocenters. The van der Waals surface area contributed by atoms with Crippen molar-refractivity contribution in [2.75, 3.05) is 18.8 Å². The number of nitrogens with zero attached hydrogens (tertiary/aromatic N) is 2. The predicted octanol–water partition coefficient (Wildman–Crippen LogP) is 2.44. The summed E-state index contributed by atoms with van der Waals surface area (Å²) >= 11 is 0. The molecule has 1 fully saturated rings. The summed E-state index contributed by atoms with van der Waals surface area (Å²) in [6, 6.07) is 4.16. The zero-order chi connectivity index (χ0) is 14.7. The highest BCUT2D eigenvalue weighted by atomic mass is 16.6. The number of nitro groups is 1. The number of rotatable bonds is 3. The Morgan fingerprint density at radius 2 is 2.10 bits per heavy atom. The van der Waals surface area contributed by atoms with E-state index in [0.717, 1.165) is 32.4 Å². The topological polar surface area (TPSA) is 89.5 Å². The number of carbonyl (C=O) groups excluding carboxylic acids is 1. The van der Waals surface area contributed by atoms with Crippen molar-refractivity contribution in [3.63, 3.8) is 0 Å². The molecular formula is C14H19N3O3. The molecule has 1 aromatic rings. The maximum atomic E-state index is 12.3. The molecule has 0 aromatic heterocycles. The van der Waals surface area contributed by atoms with Crippen molar-refractivity contribution in [3.05, 3.63) is 33.9 Å². The van der Waals surface area contributed by atoms with E-state index in [-0.39, 0.29) is 17.3 Å². The molecule has 0 bridgehead atoms. The van der Waals surface area contributed by atoms with Crippen molar-refractivity contribution in [1.29, 1.82) is 0 Å². The molecule has 108 valence electrons. The zero-order valence-electron chi connectivity index (χ0n) is 11.5. The quantitative estimate of drug-likeness (QED) is 0.522. The summed E-state index contributed by atoms with van der Waals surface area (Å²) in [6.45, 7) is 3.65. The molecule has 2 rings (SSSR count). The molecular weight excluding hydrogens is 258 g/mol. The van der Waals surface area contributed by atoms with E-state index >= 15 is 0 Å². The van der Waals surface area contributed by atoms with Gasteiger partial charge in [-0.1, -0.05) is 13.3 Å². The highest BCUT2D eigenvalue weighted by Crippen LogP contribution is 2.25. The second kappa shape index (κ2) is 5.90. The molecule has 0 unspecified atom stereocenters. The van der Waals surface area contributed by atoms with Gasteiger partial charge in [0.1, 0.15) is 5.69 Å². The third-order valence-corrected chi connectivity index (χ3v) is 3.95. The van der Waals surface area contributed by atoms with E-state index < -0.39 is 4.92 Å². The summed E-state index contributed by atoms with van der Waals surface area (Å²) in [5.74, 6) is 0.599. The molecule has 1 aliphatic heterocycles. The van der Waals surface area contributed by atoms with Crippen LogP contribution in [0.5, 0.6) is 0 Å². The molecule has 20 heavy (non-hydrogen) atoms. The Morgan fingerprint density at radius 1 is 1.45 bits per heavy atom. The highest BCUT2D eigenvalue weighted by Gasteiger charge is 2.23. The van der Waals surface area contributed by atoms with Crippen molar-refractivity contribution < 1.29 is 9.72 Å². The normalized spacial score (nSPS) is 16.1. The third kappa shape index (κ3) is 2.89. The summed E-state index contributed by atoms with van der Waals surface area (Å²) in [5.41, 5.74) is 5.91. The number of nitro benzene ring substituents is 1. The van der Waals surface area contributed by atoms with Gasteiger partial charge in [-0.15, -0.1) is 0 Å². The molecule has 1 heterocycles. The van der Waals surface area contributed by atoms with Crippen LogP contribution in [-0.2, 0) is 0 Å². The maximum absolute atomic E-state index is 12.3. The minimum atomic E-state index is -0.545. The van der Waals surface area contributed by atoms with E-state index in [1.807, 2.05) is 0 Å². The van der Waals surface area contributed by atoms with E-state index in [0.29, 0.717) is 11.5 Å². The van der Waals surface area contributed by atoms with Gasteiger partial charge in [-0.3, -0.25) is 14.9 Å². The Labute approximate surface area is 117 Å². The van der Waals surface area contributed by atoms with Crippen LogP contribution in [-0.4, -0.2) is 28.8 Å². The van der Waals surface area contributed by atoms with Crippen LogP contribution >= 0.6 is 0 Å². The van der Waals surface area contributed by atoms with Gasteiger partial charge in [-0.25, -0.2) is 0 Å². The SMILES string of the molecule is CCC1CCN(C(=O)c2ccc([N+](=O)[O-])c(N)c2)CC1. The van der Waals surface area contributed by atoms with Crippen molar-refractivity contribution in [2.24, 2.45) is 5.92 Å². The lowest BCUT2D eigenvalue weighted by Crippen LogP contribution is -2.38. The van der Waals surface area contributed by atoms with Gasteiger partial charge in [0.25, 0.3) is 11.6 Å². The first-order valence-corrected chi connectivity index (χ1v) is 6.86. The highest BCUT2D eigenvalue weighted by molar-refractivity contribution is 5.95. The number of anilines is 1. The molecule has 0 radical (unpaired) electrons. The summed E-state index contributed by atoms with van der Waals surface area (Å²) in [5, 5.41) is 10.7. The molecule has 0 saturated carbocycles. The second-order valence-corrected chi connectivity index (χ2v) is 5.17. The number of amides is 1. The second-order valence-electron chi connectivity index (χ2n) is 5.17. The third-order valence-electron chi connectivity index (χ3n) is 3.95. The summed E-state index contributed by atoms with van der Waals surface area (Å²) in [4.78, 5) is 24.3. The van der Waals surface area contributed by atoms with Crippen molar-refractivity contribution >= 4 is 17.3 Å². The average molecular weight is 277 g/mol. The lowest BCUT2D eigenvalue weighted by Gasteiger charge is -2.31. The number of nitrogens with two attached hydrogens (primary N) is 1.